The summed E-state index contributed by atoms with van der Waals surface area (Å²) in [5.74, 6) is -0.318. The molecule has 0 unspecified atom stereocenters. The number of nitrogens with zero attached hydrogens (tertiary/aromatic N) is 1. The molecule has 0 aliphatic heterocycles. The van der Waals surface area contributed by atoms with E-state index in [-0.39, 0.29) is 11.4 Å². The number of aryl methyl sites for hydroxylation is 1. The molecule has 2 aromatic heterocycles. The van der Waals surface area contributed by atoms with Gasteiger partial charge in [-0.3, -0.25) is 20.7 Å². The van der Waals surface area contributed by atoms with E-state index in [1.165, 1.54) is 4.88 Å². The molecule has 0 bridgehead atoms. The van der Waals surface area contributed by atoms with Gasteiger partial charge in [-0.25, -0.2) is 0 Å². The number of hydrazine groups is 1. The number of thiophene rings is 1. The Hall–Kier alpha value is -3.06. The van der Waals surface area contributed by atoms with Crippen LogP contribution in [0.2, 0.25) is 0 Å². The number of H-pyrrole nitrogens is 1. The summed E-state index contributed by atoms with van der Waals surface area (Å²) in [4.78, 5) is 14.4. The summed E-state index contributed by atoms with van der Waals surface area (Å²) in [6, 6.07) is 12.4. The summed E-state index contributed by atoms with van der Waals surface area (Å²) in [7, 11) is 0. The third-order valence-electron chi connectivity index (χ3n) is 3.37. The first kappa shape index (κ1) is 15.8. The van der Waals surface area contributed by atoms with Crippen molar-refractivity contribution in [1.29, 1.82) is 0 Å². The lowest BCUT2D eigenvalue weighted by Crippen LogP contribution is -2.36. The SMILES string of the molecule is C=C(NNC(=O)c1cc(-c2ccc(C)s2)[nH]n1)c1ccccc1O. The van der Waals surface area contributed by atoms with E-state index in [4.69, 9.17) is 0 Å². The van der Waals surface area contributed by atoms with E-state index in [9.17, 15) is 9.90 Å². The quantitative estimate of drug-likeness (QED) is 0.537. The van der Waals surface area contributed by atoms with Gasteiger partial charge in [0.05, 0.1) is 16.3 Å². The Morgan fingerprint density at radius 2 is 2.04 bits per heavy atom. The van der Waals surface area contributed by atoms with E-state index in [2.05, 4.69) is 27.6 Å². The lowest BCUT2D eigenvalue weighted by atomic mass is 10.1. The highest BCUT2D eigenvalue weighted by Gasteiger charge is 2.13. The Morgan fingerprint density at radius 3 is 2.75 bits per heavy atom. The first-order valence-corrected chi connectivity index (χ1v) is 8.02. The van der Waals surface area contributed by atoms with E-state index >= 15 is 0 Å². The molecule has 1 amide bonds. The monoisotopic (exact) mass is 340 g/mol. The van der Waals surface area contributed by atoms with E-state index in [0.29, 0.717) is 11.3 Å². The lowest BCUT2D eigenvalue weighted by Gasteiger charge is -2.11. The van der Waals surface area contributed by atoms with Crippen LogP contribution in [-0.4, -0.2) is 21.2 Å². The minimum absolute atomic E-state index is 0.0827. The molecule has 0 saturated heterocycles. The van der Waals surface area contributed by atoms with Crippen LogP contribution >= 0.6 is 11.3 Å². The number of aromatic hydroxyl groups is 1. The second-order valence-corrected chi connectivity index (χ2v) is 6.44. The molecule has 2 heterocycles. The average Bonchev–Trinajstić information content (AvgIpc) is 3.21. The molecule has 0 radical (unpaired) electrons. The molecule has 1 aromatic carbocycles. The molecule has 0 fully saturated rings. The molecule has 3 rings (SSSR count). The van der Waals surface area contributed by atoms with E-state index in [1.54, 1.807) is 41.7 Å². The maximum absolute atomic E-state index is 12.2. The zero-order valence-electron chi connectivity index (χ0n) is 13.0. The maximum Gasteiger partial charge on any atom is 0.290 e. The number of hydrogen-bond acceptors (Lipinski definition) is 5. The van der Waals surface area contributed by atoms with Crippen molar-refractivity contribution in [2.24, 2.45) is 0 Å². The van der Waals surface area contributed by atoms with Gasteiger partial charge in [0.25, 0.3) is 5.91 Å². The molecule has 3 aromatic rings. The molecule has 24 heavy (non-hydrogen) atoms. The number of phenols is 1. The van der Waals surface area contributed by atoms with Crippen molar-refractivity contribution in [3.63, 3.8) is 0 Å². The molecule has 7 heteroatoms. The van der Waals surface area contributed by atoms with Crippen LogP contribution in [0.25, 0.3) is 16.3 Å². The molecule has 4 N–H and O–H groups in total. The van der Waals surface area contributed by atoms with Crippen molar-refractivity contribution in [1.82, 2.24) is 21.0 Å². The fourth-order valence-electron chi connectivity index (χ4n) is 2.14. The van der Waals surface area contributed by atoms with Crippen molar-refractivity contribution >= 4 is 22.9 Å². The van der Waals surface area contributed by atoms with Gasteiger partial charge in [-0.1, -0.05) is 18.7 Å². The molecule has 6 nitrogen and oxygen atoms in total. The van der Waals surface area contributed by atoms with Crippen LogP contribution in [0.3, 0.4) is 0 Å². The molecule has 0 atom stereocenters. The molecular formula is C17H16N4O2S. The Bertz CT molecular complexity index is 897. The zero-order chi connectivity index (χ0) is 17.1. The van der Waals surface area contributed by atoms with Gasteiger partial charge < -0.3 is 5.11 Å². The number of carbonyl (C=O) groups excluding carboxylic acids is 1. The second kappa shape index (κ2) is 6.59. The number of amides is 1. The summed E-state index contributed by atoms with van der Waals surface area (Å²) >= 11 is 1.62. The highest BCUT2D eigenvalue weighted by atomic mass is 32.1. The van der Waals surface area contributed by atoms with E-state index < -0.39 is 5.91 Å². The summed E-state index contributed by atoms with van der Waals surface area (Å²) in [6.07, 6.45) is 0. The van der Waals surface area contributed by atoms with Crippen LogP contribution in [0.4, 0.5) is 0 Å². The number of benzene rings is 1. The van der Waals surface area contributed by atoms with E-state index in [0.717, 1.165) is 10.6 Å². The molecule has 0 saturated carbocycles. The molecular weight excluding hydrogens is 324 g/mol. The number of rotatable bonds is 5. The van der Waals surface area contributed by atoms with Gasteiger partial charge in [-0.05, 0) is 37.3 Å². The van der Waals surface area contributed by atoms with Crippen LogP contribution in [0, 0.1) is 6.92 Å². The summed E-state index contributed by atoms with van der Waals surface area (Å²) in [5.41, 5.74) is 7.14. The van der Waals surface area contributed by atoms with Crippen LogP contribution in [0.15, 0.2) is 49.0 Å². The number of carbonyl (C=O) groups is 1. The predicted molar refractivity (Wildman–Crippen MR) is 94.4 cm³/mol. The third-order valence-corrected chi connectivity index (χ3v) is 4.41. The first-order chi connectivity index (χ1) is 11.5. The highest BCUT2D eigenvalue weighted by Crippen LogP contribution is 2.26. The van der Waals surface area contributed by atoms with Gasteiger partial charge in [-0.15, -0.1) is 11.3 Å². The molecule has 0 aliphatic rings. The fourth-order valence-corrected chi connectivity index (χ4v) is 2.97. The average molecular weight is 340 g/mol. The summed E-state index contributed by atoms with van der Waals surface area (Å²) in [6.45, 7) is 5.82. The Morgan fingerprint density at radius 1 is 1.25 bits per heavy atom. The maximum atomic E-state index is 12.2. The molecule has 0 spiro atoms. The first-order valence-electron chi connectivity index (χ1n) is 7.20. The number of aromatic amines is 1. The number of aromatic nitrogens is 2. The van der Waals surface area contributed by atoms with Crippen LogP contribution in [0.1, 0.15) is 20.9 Å². The van der Waals surface area contributed by atoms with Crippen molar-refractivity contribution < 1.29 is 9.90 Å². The van der Waals surface area contributed by atoms with Crippen molar-refractivity contribution in [2.75, 3.05) is 0 Å². The van der Waals surface area contributed by atoms with E-state index in [1.807, 2.05) is 19.1 Å². The number of para-hydroxylation sites is 1. The Kier molecular flexibility index (Phi) is 4.35. The summed E-state index contributed by atoms with van der Waals surface area (Å²) < 4.78 is 0. The smallest absolute Gasteiger partial charge is 0.290 e. The van der Waals surface area contributed by atoms with Crippen LogP contribution in [0.5, 0.6) is 5.75 Å². The fraction of sp³-hybridized carbons (Fsp3) is 0.0588. The number of nitrogens with one attached hydrogen (secondary N) is 3. The number of phenolic OH excluding ortho intramolecular Hbond substituents is 1. The van der Waals surface area contributed by atoms with Crippen molar-refractivity contribution in [3.8, 4) is 16.3 Å². The normalized spacial score (nSPS) is 10.4. The number of hydrogen-bond donors (Lipinski definition) is 4. The highest BCUT2D eigenvalue weighted by molar-refractivity contribution is 7.15. The molecule has 122 valence electrons. The topological polar surface area (TPSA) is 90.0 Å². The van der Waals surface area contributed by atoms with Crippen molar-refractivity contribution in [3.05, 3.63) is 65.2 Å². The van der Waals surface area contributed by atoms with Gasteiger partial charge in [0.2, 0.25) is 0 Å². The van der Waals surface area contributed by atoms with Crippen molar-refractivity contribution in [2.45, 2.75) is 6.92 Å². The lowest BCUT2D eigenvalue weighted by molar-refractivity contribution is 0.0937. The van der Waals surface area contributed by atoms with Gasteiger partial charge in [0, 0.05) is 10.4 Å². The summed E-state index contributed by atoms with van der Waals surface area (Å²) in [5, 5.41) is 16.6. The van der Waals surface area contributed by atoms with Gasteiger partial charge in [-0.2, -0.15) is 5.10 Å². The predicted octanol–water partition coefficient (Wildman–Crippen LogP) is 3.06. The Balaban J connectivity index is 1.64. The minimum atomic E-state index is -0.401. The largest absolute Gasteiger partial charge is 0.507 e. The van der Waals surface area contributed by atoms with Crippen LogP contribution < -0.4 is 10.9 Å². The second-order valence-electron chi connectivity index (χ2n) is 5.15. The minimum Gasteiger partial charge on any atom is -0.507 e. The Labute approximate surface area is 142 Å². The molecule has 0 aliphatic carbocycles. The van der Waals surface area contributed by atoms with Gasteiger partial charge >= 0.3 is 0 Å². The zero-order valence-corrected chi connectivity index (χ0v) is 13.8. The van der Waals surface area contributed by atoms with Gasteiger partial charge in [0.1, 0.15) is 5.75 Å². The third kappa shape index (κ3) is 3.31. The van der Waals surface area contributed by atoms with Gasteiger partial charge in [0.15, 0.2) is 5.69 Å². The van der Waals surface area contributed by atoms with Crippen LogP contribution in [-0.2, 0) is 0 Å². The standard InChI is InChI=1S/C17H16N4O2S/c1-10-7-8-16(24-10)13-9-14(20-19-13)17(23)21-18-11(2)12-5-3-4-6-15(12)22/h3-9,18,22H,2H2,1H3,(H,19,20)(H,21,23).